The van der Waals surface area contributed by atoms with Gasteiger partial charge in [0.25, 0.3) is 0 Å². The third-order valence-electron chi connectivity index (χ3n) is 13.2. The van der Waals surface area contributed by atoms with Gasteiger partial charge in [0, 0.05) is 0 Å². The van der Waals surface area contributed by atoms with E-state index in [2.05, 4.69) is 47.3 Å². The van der Waals surface area contributed by atoms with Gasteiger partial charge in [-0.25, -0.2) is 0 Å². The van der Waals surface area contributed by atoms with Gasteiger partial charge in [0.1, 0.15) is 24.4 Å². The molecule has 1 heterocycles. The molecule has 0 amide bonds. The number of hydrogen-bond acceptors (Lipinski definition) is 6. The SMILES string of the molecule is C=C(C)C(CC)CCC(C)C1CCC2C3CC=C4CC(OC5OC(CO)C(O)C(O)C5O)CCC4(C)C3CCC12C. The fraction of sp³-hybridized carbons (Fsp3) is 0.886. The smallest absolute Gasteiger partial charge is 0.186 e. The highest BCUT2D eigenvalue weighted by atomic mass is 16.7. The molecule has 234 valence electrons. The number of aliphatic hydroxyl groups excluding tert-OH is 4. The zero-order valence-corrected chi connectivity index (χ0v) is 26.3. The van der Waals surface area contributed by atoms with E-state index < -0.39 is 37.3 Å². The first-order valence-corrected chi connectivity index (χ1v) is 16.7. The number of allylic oxidation sites excluding steroid dienone is 2. The molecule has 4 fully saturated rings. The summed E-state index contributed by atoms with van der Waals surface area (Å²) in [5.41, 5.74) is 3.49. The molecule has 6 nitrogen and oxygen atoms in total. The molecule has 14 unspecified atom stereocenters. The Morgan fingerprint density at radius 2 is 1.80 bits per heavy atom. The number of rotatable bonds is 9. The highest BCUT2D eigenvalue weighted by Crippen LogP contribution is 2.67. The molecule has 1 aliphatic heterocycles. The van der Waals surface area contributed by atoms with Crippen LogP contribution in [-0.2, 0) is 9.47 Å². The van der Waals surface area contributed by atoms with E-state index in [1.54, 1.807) is 0 Å². The van der Waals surface area contributed by atoms with Gasteiger partial charge in [-0.3, -0.25) is 0 Å². The first kappa shape index (κ1) is 31.7. The van der Waals surface area contributed by atoms with E-state index in [0.29, 0.717) is 11.3 Å². The van der Waals surface area contributed by atoms with Crippen LogP contribution in [-0.4, -0.2) is 63.8 Å². The Morgan fingerprint density at radius 3 is 2.49 bits per heavy atom. The Morgan fingerprint density at radius 1 is 1.05 bits per heavy atom. The van der Waals surface area contributed by atoms with Crippen molar-refractivity contribution in [2.45, 2.75) is 142 Å². The van der Waals surface area contributed by atoms with E-state index in [1.165, 1.54) is 56.1 Å². The number of ether oxygens (including phenoxy) is 2. The molecule has 41 heavy (non-hydrogen) atoms. The van der Waals surface area contributed by atoms with Gasteiger partial charge >= 0.3 is 0 Å². The average molecular weight is 575 g/mol. The minimum absolute atomic E-state index is 0.107. The van der Waals surface area contributed by atoms with Crippen molar-refractivity contribution in [2.24, 2.45) is 46.3 Å². The van der Waals surface area contributed by atoms with Crippen LogP contribution < -0.4 is 0 Å². The van der Waals surface area contributed by atoms with Gasteiger partial charge in [-0.15, -0.1) is 0 Å². The Balaban J connectivity index is 1.24. The Hall–Kier alpha value is -0.760. The lowest BCUT2D eigenvalue weighted by atomic mass is 9.47. The molecule has 0 aromatic heterocycles. The van der Waals surface area contributed by atoms with Crippen LogP contribution in [0.3, 0.4) is 0 Å². The van der Waals surface area contributed by atoms with Crippen LogP contribution in [0.2, 0.25) is 0 Å². The molecule has 5 rings (SSSR count). The maximum atomic E-state index is 10.5. The van der Waals surface area contributed by atoms with Crippen molar-refractivity contribution in [3.05, 3.63) is 23.8 Å². The predicted molar refractivity (Wildman–Crippen MR) is 161 cm³/mol. The lowest BCUT2D eigenvalue weighted by Crippen LogP contribution is -2.60. The molecule has 0 aromatic rings. The first-order chi connectivity index (χ1) is 19.4. The van der Waals surface area contributed by atoms with Crippen molar-refractivity contribution >= 4 is 0 Å². The number of fused-ring (bicyclic) bond motifs is 5. The van der Waals surface area contributed by atoms with E-state index in [0.717, 1.165) is 55.3 Å². The highest BCUT2D eigenvalue weighted by molar-refractivity contribution is 5.25. The molecular weight excluding hydrogens is 516 g/mol. The minimum atomic E-state index is -1.40. The maximum Gasteiger partial charge on any atom is 0.186 e. The van der Waals surface area contributed by atoms with Crippen LogP contribution in [0.4, 0.5) is 0 Å². The molecule has 0 bridgehead atoms. The minimum Gasteiger partial charge on any atom is -0.394 e. The highest BCUT2D eigenvalue weighted by Gasteiger charge is 2.59. The molecule has 1 saturated heterocycles. The topological polar surface area (TPSA) is 99.4 Å². The summed E-state index contributed by atoms with van der Waals surface area (Å²) in [6, 6.07) is 0. The summed E-state index contributed by atoms with van der Waals surface area (Å²) in [5.74, 6) is 4.57. The molecule has 0 radical (unpaired) electrons. The van der Waals surface area contributed by atoms with Crippen LogP contribution in [0.5, 0.6) is 0 Å². The molecule has 3 saturated carbocycles. The Labute approximate surface area is 248 Å². The Kier molecular flexibility index (Phi) is 9.51. The summed E-state index contributed by atoms with van der Waals surface area (Å²) in [7, 11) is 0. The van der Waals surface area contributed by atoms with E-state index in [1.807, 2.05) is 0 Å². The third-order valence-corrected chi connectivity index (χ3v) is 13.2. The molecule has 5 aliphatic rings. The zero-order chi connectivity index (χ0) is 29.7. The Bertz CT molecular complexity index is 962. The summed E-state index contributed by atoms with van der Waals surface area (Å²) in [5, 5.41) is 40.4. The summed E-state index contributed by atoms with van der Waals surface area (Å²) < 4.78 is 11.9. The second-order valence-corrected chi connectivity index (χ2v) is 15.2. The van der Waals surface area contributed by atoms with Crippen molar-refractivity contribution in [1.29, 1.82) is 0 Å². The second-order valence-electron chi connectivity index (χ2n) is 15.2. The van der Waals surface area contributed by atoms with Gasteiger partial charge in [-0.05, 0) is 124 Å². The molecule has 6 heteroatoms. The van der Waals surface area contributed by atoms with E-state index in [9.17, 15) is 20.4 Å². The summed E-state index contributed by atoms with van der Waals surface area (Å²) in [6.45, 7) is 16.0. The van der Waals surface area contributed by atoms with Gasteiger partial charge in [0.2, 0.25) is 0 Å². The van der Waals surface area contributed by atoms with E-state index in [4.69, 9.17) is 9.47 Å². The van der Waals surface area contributed by atoms with Crippen LogP contribution in [0.15, 0.2) is 23.8 Å². The van der Waals surface area contributed by atoms with Gasteiger partial charge in [-0.2, -0.15) is 0 Å². The summed E-state index contributed by atoms with van der Waals surface area (Å²) in [4.78, 5) is 0. The fourth-order valence-electron chi connectivity index (χ4n) is 10.6. The predicted octanol–water partition coefficient (Wildman–Crippen LogP) is 5.77. The normalized spacial score (nSPS) is 47.5. The van der Waals surface area contributed by atoms with E-state index >= 15 is 0 Å². The fourth-order valence-corrected chi connectivity index (χ4v) is 10.6. The quantitative estimate of drug-likeness (QED) is 0.261. The largest absolute Gasteiger partial charge is 0.394 e. The van der Waals surface area contributed by atoms with E-state index in [-0.39, 0.29) is 11.5 Å². The molecule has 0 aromatic carbocycles. The molecule has 4 N–H and O–H groups in total. The van der Waals surface area contributed by atoms with Crippen molar-refractivity contribution in [2.75, 3.05) is 6.61 Å². The van der Waals surface area contributed by atoms with Crippen molar-refractivity contribution < 1.29 is 29.9 Å². The number of aliphatic hydroxyl groups is 4. The molecule has 0 spiro atoms. The summed E-state index contributed by atoms with van der Waals surface area (Å²) >= 11 is 0. The average Bonchev–Trinajstić information content (AvgIpc) is 3.30. The molecule has 4 aliphatic carbocycles. The van der Waals surface area contributed by atoms with Crippen LogP contribution >= 0.6 is 0 Å². The third kappa shape index (κ3) is 5.64. The summed E-state index contributed by atoms with van der Waals surface area (Å²) in [6.07, 6.45) is 9.51. The van der Waals surface area contributed by atoms with Crippen LogP contribution in [0.25, 0.3) is 0 Å². The van der Waals surface area contributed by atoms with Crippen molar-refractivity contribution in [3.8, 4) is 0 Å². The standard InChI is InChI=1S/C35H58O6/c1-7-22(20(2)3)9-8-21(4)26-12-13-27-25-11-10-23-18-24(14-16-34(23,5)28(25)15-17-35(26,27)6)40-33-32(39)31(38)30(37)29(19-36)41-33/h10,21-22,24-33,36-39H,2,7-9,11-19H2,1,3-6H3. The van der Waals surface area contributed by atoms with Gasteiger partial charge in [-0.1, -0.05) is 51.5 Å². The first-order valence-electron chi connectivity index (χ1n) is 16.7. The van der Waals surface area contributed by atoms with Gasteiger partial charge in [0.15, 0.2) is 6.29 Å². The van der Waals surface area contributed by atoms with Crippen molar-refractivity contribution in [1.82, 2.24) is 0 Å². The number of hydrogen-bond donors (Lipinski definition) is 4. The lowest BCUT2D eigenvalue weighted by molar-refractivity contribution is -0.313. The maximum absolute atomic E-state index is 10.5. The molecule has 14 atom stereocenters. The van der Waals surface area contributed by atoms with Gasteiger partial charge < -0.3 is 29.9 Å². The monoisotopic (exact) mass is 574 g/mol. The van der Waals surface area contributed by atoms with Gasteiger partial charge in [0.05, 0.1) is 12.7 Å². The lowest BCUT2D eigenvalue weighted by Gasteiger charge is -2.58. The zero-order valence-electron chi connectivity index (χ0n) is 26.3. The molecular formula is C35H58O6. The van der Waals surface area contributed by atoms with Crippen LogP contribution in [0.1, 0.15) is 105 Å². The second kappa shape index (κ2) is 12.3. The van der Waals surface area contributed by atoms with Crippen molar-refractivity contribution in [3.63, 3.8) is 0 Å². The van der Waals surface area contributed by atoms with Crippen LogP contribution in [0, 0.1) is 46.3 Å².